The van der Waals surface area contributed by atoms with Gasteiger partial charge in [0.1, 0.15) is 6.26 Å². The van der Waals surface area contributed by atoms with E-state index in [2.05, 4.69) is 4.98 Å². The number of oxazole rings is 1. The Morgan fingerprint density at radius 1 is 1.38 bits per heavy atom. The summed E-state index contributed by atoms with van der Waals surface area (Å²) >= 11 is 0. The van der Waals surface area contributed by atoms with Crippen molar-refractivity contribution in [1.82, 2.24) is 4.98 Å². The van der Waals surface area contributed by atoms with Gasteiger partial charge in [-0.25, -0.2) is 4.98 Å². The number of aliphatic hydroxyl groups is 1. The molecule has 1 saturated carbocycles. The minimum Gasteiger partial charge on any atom is -0.445 e. The predicted molar refractivity (Wildman–Crippen MR) is 59.8 cm³/mol. The highest BCUT2D eigenvalue weighted by Gasteiger charge is 2.40. The lowest BCUT2D eigenvalue weighted by molar-refractivity contribution is 0.151. The van der Waals surface area contributed by atoms with Gasteiger partial charge in [0.2, 0.25) is 5.89 Å². The summed E-state index contributed by atoms with van der Waals surface area (Å²) in [5.74, 6) is 0.629. The molecule has 0 saturated heterocycles. The summed E-state index contributed by atoms with van der Waals surface area (Å²) in [6.45, 7) is 0. The van der Waals surface area contributed by atoms with Gasteiger partial charge < -0.3 is 9.52 Å². The third-order valence-corrected chi connectivity index (χ3v) is 2.97. The van der Waals surface area contributed by atoms with Gasteiger partial charge in [-0.3, -0.25) is 0 Å². The highest BCUT2D eigenvalue weighted by atomic mass is 16.3. The first-order chi connectivity index (χ1) is 7.75. The molecule has 2 aromatic rings. The normalized spacial score (nSPS) is 17.3. The molecule has 1 aromatic carbocycles. The van der Waals surface area contributed by atoms with Crippen molar-refractivity contribution in [3.63, 3.8) is 0 Å². The molecule has 0 amide bonds. The summed E-state index contributed by atoms with van der Waals surface area (Å²) in [5, 5.41) is 9.86. The van der Waals surface area contributed by atoms with Gasteiger partial charge in [0, 0.05) is 12.0 Å². The van der Waals surface area contributed by atoms with Gasteiger partial charge in [-0.1, -0.05) is 12.1 Å². The van der Waals surface area contributed by atoms with Gasteiger partial charge in [-0.2, -0.15) is 0 Å². The van der Waals surface area contributed by atoms with Crippen molar-refractivity contribution in [1.29, 1.82) is 0 Å². The molecule has 3 nitrogen and oxygen atoms in total. The molecule has 1 fully saturated rings. The lowest BCUT2D eigenvalue weighted by Gasteiger charge is -2.07. The summed E-state index contributed by atoms with van der Waals surface area (Å²) in [7, 11) is 0. The fraction of sp³-hybridized carbons (Fsp3) is 0.308. The summed E-state index contributed by atoms with van der Waals surface area (Å²) in [6, 6.07) is 8.00. The van der Waals surface area contributed by atoms with E-state index < -0.39 is 5.60 Å². The molecule has 1 aliphatic rings. The van der Waals surface area contributed by atoms with Crippen molar-refractivity contribution in [3.8, 4) is 11.5 Å². The van der Waals surface area contributed by atoms with Crippen LogP contribution in [0.3, 0.4) is 0 Å². The molecule has 0 radical (unpaired) electrons. The molecule has 3 heteroatoms. The van der Waals surface area contributed by atoms with Gasteiger partial charge in [0.15, 0.2) is 0 Å². The Labute approximate surface area is 93.8 Å². The topological polar surface area (TPSA) is 46.3 Å². The molecule has 0 spiro atoms. The molecule has 0 bridgehead atoms. The second-order valence-corrected chi connectivity index (χ2v) is 4.44. The van der Waals surface area contributed by atoms with Crippen LogP contribution in [0.25, 0.3) is 11.5 Å². The minimum absolute atomic E-state index is 0.449. The molecule has 1 aliphatic carbocycles. The highest BCUT2D eigenvalue weighted by molar-refractivity contribution is 5.54. The first-order valence-corrected chi connectivity index (χ1v) is 5.46. The monoisotopic (exact) mass is 215 g/mol. The number of nitrogens with zero attached hydrogens (tertiary/aromatic N) is 1. The van der Waals surface area contributed by atoms with Crippen molar-refractivity contribution in [2.75, 3.05) is 0 Å². The van der Waals surface area contributed by atoms with Crippen molar-refractivity contribution >= 4 is 0 Å². The summed E-state index contributed by atoms with van der Waals surface area (Å²) in [4.78, 5) is 4.11. The minimum atomic E-state index is -0.449. The van der Waals surface area contributed by atoms with Crippen molar-refractivity contribution in [3.05, 3.63) is 42.3 Å². The van der Waals surface area contributed by atoms with Gasteiger partial charge in [-0.05, 0) is 30.5 Å². The zero-order valence-corrected chi connectivity index (χ0v) is 8.89. The van der Waals surface area contributed by atoms with E-state index in [9.17, 15) is 5.11 Å². The Balaban J connectivity index is 1.88. The van der Waals surface area contributed by atoms with E-state index in [0.717, 1.165) is 30.4 Å². The molecule has 82 valence electrons. The fourth-order valence-corrected chi connectivity index (χ4v) is 1.88. The van der Waals surface area contributed by atoms with Gasteiger partial charge in [0.05, 0.1) is 11.8 Å². The van der Waals surface area contributed by atoms with Gasteiger partial charge >= 0.3 is 0 Å². The maximum absolute atomic E-state index is 9.86. The molecular weight excluding hydrogens is 202 g/mol. The number of hydrogen-bond donors (Lipinski definition) is 1. The number of rotatable bonds is 3. The molecule has 1 aromatic heterocycles. The van der Waals surface area contributed by atoms with Crippen molar-refractivity contribution in [2.24, 2.45) is 0 Å². The standard InChI is InChI=1S/C13H13NO2/c15-13(4-5-13)9-10-2-1-3-11(8-10)12-14-6-7-16-12/h1-3,6-8,15H,4-5,9H2. The second-order valence-electron chi connectivity index (χ2n) is 4.44. The fourth-order valence-electron chi connectivity index (χ4n) is 1.88. The number of aromatic nitrogens is 1. The molecule has 3 rings (SSSR count). The Kier molecular flexibility index (Phi) is 2.07. The van der Waals surface area contributed by atoms with Crippen LogP contribution in [-0.4, -0.2) is 15.7 Å². The van der Waals surface area contributed by atoms with Crippen LogP contribution in [0.15, 0.2) is 41.1 Å². The lowest BCUT2D eigenvalue weighted by atomic mass is 10.0. The van der Waals surface area contributed by atoms with Gasteiger partial charge in [-0.15, -0.1) is 0 Å². The molecule has 0 unspecified atom stereocenters. The van der Waals surface area contributed by atoms with E-state index in [4.69, 9.17) is 4.42 Å². The SMILES string of the molecule is OC1(Cc2cccc(-c3ncco3)c2)CC1. The largest absolute Gasteiger partial charge is 0.445 e. The van der Waals surface area contributed by atoms with Crippen LogP contribution in [0, 0.1) is 0 Å². The van der Waals surface area contributed by atoms with Crippen LogP contribution in [0.2, 0.25) is 0 Å². The van der Waals surface area contributed by atoms with E-state index in [1.54, 1.807) is 12.5 Å². The highest BCUT2D eigenvalue weighted by Crippen LogP contribution is 2.38. The average molecular weight is 215 g/mol. The molecule has 1 heterocycles. The van der Waals surface area contributed by atoms with Crippen LogP contribution < -0.4 is 0 Å². The lowest BCUT2D eigenvalue weighted by Crippen LogP contribution is -2.10. The van der Waals surface area contributed by atoms with Crippen LogP contribution >= 0.6 is 0 Å². The van der Waals surface area contributed by atoms with Gasteiger partial charge in [0.25, 0.3) is 0 Å². The molecule has 1 N–H and O–H groups in total. The van der Waals surface area contributed by atoms with Crippen molar-refractivity contribution in [2.45, 2.75) is 24.9 Å². The van der Waals surface area contributed by atoms with E-state index in [1.807, 2.05) is 24.3 Å². The average Bonchev–Trinajstić information content (AvgIpc) is 2.84. The molecule has 0 aliphatic heterocycles. The summed E-state index contributed by atoms with van der Waals surface area (Å²) in [6.07, 6.45) is 5.75. The maximum atomic E-state index is 9.86. The quantitative estimate of drug-likeness (QED) is 0.855. The van der Waals surface area contributed by atoms with E-state index in [0.29, 0.717) is 5.89 Å². The van der Waals surface area contributed by atoms with Crippen LogP contribution in [-0.2, 0) is 6.42 Å². The summed E-state index contributed by atoms with van der Waals surface area (Å²) in [5.41, 5.74) is 1.65. The predicted octanol–water partition coefficient (Wildman–Crippen LogP) is 2.41. The van der Waals surface area contributed by atoms with E-state index in [-0.39, 0.29) is 0 Å². The molecule has 16 heavy (non-hydrogen) atoms. The van der Waals surface area contributed by atoms with Crippen LogP contribution in [0.5, 0.6) is 0 Å². The third-order valence-electron chi connectivity index (χ3n) is 2.97. The Bertz CT molecular complexity index is 486. The van der Waals surface area contributed by atoms with E-state index >= 15 is 0 Å². The second kappa shape index (κ2) is 3.46. The Morgan fingerprint density at radius 2 is 2.25 bits per heavy atom. The third kappa shape index (κ3) is 1.86. The summed E-state index contributed by atoms with van der Waals surface area (Å²) < 4.78 is 5.25. The first-order valence-electron chi connectivity index (χ1n) is 5.46. The zero-order valence-electron chi connectivity index (χ0n) is 8.89. The maximum Gasteiger partial charge on any atom is 0.225 e. The molecular formula is C13H13NO2. The Hall–Kier alpha value is -1.61. The van der Waals surface area contributed by atoms with Crippen LogP contribution in [0.1, 0.15) is 18.4 Å². The van der Waals surface area contributed by atoms with Crippen LogP contribution in [0.4, 0.5) is 0 Å². The smallest absolute Gasteiger partial charge is 0.225 e. The zero-order chi connectivity index (χ0) is 11.0. The van der Waals surface area contributed by atoms with Crippen molar-refractivity contribution < 1.29 is 9.52 Å². The van der Waals surface area contributed by atoms with E-state index in [1.165, 1.54) is 0 Å². The Morgan fingerprint density at radius 3 is 2.94 bits per heavy atom. The number of benzene rings is 1. The number of hydrogen-bond acceptors (Lipinski definition) is 3. The first kappa shape index (κ1) is 9.60. The molecule has 0 atom stereocenters.